The molecule has 0 aliphatic heterocycles. The maximum absolute atomic E-state index is 10.9. The van der Waals surface area contributed by atoms with Gasteiger partial charge in [0.05, 0.1) is 10.8 Å². The van der Waals surface area contributed by atoms with E-state index in [0.29, 0.717) is 11.5 Å². The van der Waals surface area contributed by atoms with E-state index in [1.807, 2.05) is 0 Å². The Morgan fingerprint density at radius 1 is 1.38 bits per heavy atom. The third-order valence-corrected chi connectivity index (χ3v) is 4.18. The van der Waals surface area contributed by atoms with Crippen LogP contribution in [0, 0.1) is 28.9 Å². The lowest BCUT2D eigenvalue weighted by molar-refractivity contribution is -0.385. The van der Waals surface area contributed by atoms with Crippen LogP contribution in [-0.2, 0) is 4.79 Å². The van der Waals surface area contributed by atoms with E-state index < -0.39 is 5.97 Å². The van der Waals surface area contributed by atoms with Crippen molar-refractivity contribution < 1.29 is 14.8 Å². The first kappa shape index (κ1) is 15.3. The lowest BCUT2D eigenvalue weighted by Gasteiger charge is -2.26. The van der Waals surface area contributed by atoms with Crippen molar-refractivity contribution in [2.75, 3.05) is 11.9 Å². The van der Waals surface area contributed by atoms with Gasteiger partial charge < -0.3 is 10.4 Å². The fourth-order valence-electron chi connectivity index (χ4n) is 2.85. The van der Waals surface area contributed by atoms with E-state index in [4.69, 9.17) is 5.11 Å². The first-order chi connectivity index (χ1) is 9.97. The number of nitrogens with one attached hydrogen (secondary N) is 1. The first-order valence-electron chi connectivity index (χ1n) is 7.19. The van der Waals surface area contributed by atoms with Gasteiger partial charge in [-0.2, -0.15) is 0 Å². The molecule has 0 amide bonds. The molecule has 1 fully saturated rings. The van der Waals surface area contributed by atoms with Gasteiger partial charge in [0.15, 0.2) is 0 Å². The quantitative estimate of drug-likeness (QED) is 0.642. The molecule has 2 rings (SSSR count). The van der Waals surface area contributed by atoms with E-state index >= 15 is 0 Å². The van der Waals surface area contributed by atoms with Gasteiger partial charge in [0, 0.05) is 23.9 Å². The number of nitro groups is 1. The highest BCUT2D eigenvalue weighted by molar-refractivity contribution is 5.70. The third-order valence-electron chi connectivity index (χ3n) is 4.18. The standard InChI is InChI=1S/C15H20N2O4/c1-10-8-13(6-7-14(10)17(20)21)16-9-11-2-4-12(5-3-11)15(18)19/h6-8,11-12,16H,2-5,9H2,1H3,(H,18,19). The molecule has 0 saturated heterocycles. The zero-order chi connectivity index (χ0) is 15.4. The van der Waals surface area contributed by atoms with Crippen LogP contribution in [0.25, 0.3) is 0 Å². The topological polar surface area (TPSA) is 92.5 Å². The van der Waals surface area contributed by atoms with Crippen LogP contribution in [-0.4, -0.2) is 22.5 Å². The molecule has 1 saturated carbocycles. The molecule has 0 heterocycles. The van der Waals surface area contributed by atoms with Crippen LogP contribution in [0.4, 0.5) is 11.4 Å². The summed E-state index contributed by atoms with van der Waals surface area (Å²) in [6.45, 7) is 2.50. The molecule has 114 valence electrons. The molecule has 0 spiro atoms. The molecule has 0 unspecified atom stereocenters. The molecule has 0 radical (unpaired) electrons. The van der Waals surface area contributed by atoms with Crippen molar-refractivity contribution in [3.63, 3.8) is 0 Å². The number of aryl methyl sites for hydroxylation is 1. The fourth-order valence-corrected chi connectivity index (χ4v) is 2.85. The van der Waals surface area contributed by atoms with Crippen LogP contribution in [0.1, 0.15) is 31.2 Å². The molecule has 0 bridgehead atoms. The van der Waals surface area contributed by atoms with Crippen molar-refractivity contribution in [2.24, 2.45) is 11.8 Å². The van der Waals surface area contributed by atoms with Crippen molar-refractivity contribution in [1.82, 2.24) is 0 Å². The number of anilines is 1. The summed E-state index contributed by atoms with van der Waals surface area (Å²) in [6, 6.07) is 5.01. The number of carboxylic acid groups (broad SMARTS) is 1. The lowest BCUT2D eigenvalue weighted by Crippen LogP contribution is -2.25. The number of nitro benzene ring substituents is 1. The van der Waals surface area contributed by atoms with Crippen LogP contribution >= 0.6 is 0 Å². The summed E-state index contributed by atoms with van der Waals surface area (Å²) in [7, 11) is 0. The highest BCUT2D eigenvalue weighted by Crippen LogP contribution is 2.29. The Hall–Kier alpha value is -2.11. The minimum absolute atomic E-state index is 0.127. The average Bonchev–Trinajstić information content (AvgIpc) is 2.45. The molecule has 1 aromatic rings. The number of benzene rings is 1. The molecule has 1 aliphatic carbocycles. The Labute approximate surface area is 123 Å². The molecule has 0 aromatic heterocycles. The monoisotopic (exact) mass is 292 g/mol. The van der Waals surface area contributed by atoms with E-state index in [0.717, 1.165) is 37.9 Å². The van der Waals surface area contributed by atoms with Crippen molar-refractivity contribution in [3.05, 3.63) is 33.9 Å². The Morgan fingerprint density at radius 2 is 2.05 bits per heavy atom. The van der Waals surface area contributed by atoms with E-state index in [2.05, 4.69) is 5.32 Å². The molecular formula is C15H20N2O4. The maximum Gasteiger partial charge on any atom is 0.306 e. The molecule has 21 heavy (non-hydrogen) atoms. The Kier molecular flexibility index (Phi) is 4.77. The van der Waals surface area contributed by atoms with Crippen molar-refractivity contribution >= 4 is 17.3 Å². The summed E-state index contributed by atoms with van der Waals surface area (Å²) in [5.74, 6) is -0.411. The van der Waals surface area contributed by atoms with E-state index in [1.165, 1.54) is 6.07 Å². The highest BCUT2D eigenvalue weighted by atomic mass is 16.6. The lowest BCUT2D eigenvalue weighted by atomic mass is 9.82. The predicted molar refractivity (Wildman–Crippen MR) is 79.4 cm³/mol. The molecule has 2 N–H and O–H groups in total. The summed E-state index contributed by atoms with van der Waals surface area (Å²) in [5.41, 5.74) is 1.64. The van der Waals surface area contributed by atoms with Crippen LogP contribution in [0.3, 0.4) is 0 Å². The molecular weight excluding hydrogens is 272 g/mol. The minimum Gasteiger partial charge on any atom is -0.481 e. The molecule has 6 nitrogen and oxygen atoms in total. The number of carbonyl (C=O) groups is 1. The second-order valence-electron chi connectivity index (χ2n) is 5.70. The fraction of sp³-hybridized carbons (Fsp3) is 0.533. The first-order valence-corrected chi connectivity index (χ1v) is 7.19. The second kappa shape index (κ2) is 6.56. The normalized spacial score (nSPS) is 21.8. The van der Waals surface area contributed by atoms with Crippen molar-refractivity contribution in [3.8, 4) is 0 Å². The molecule has 6 heteroatoms. The van der Waals surface area contributed by atoms with E-state index in [-0.39, 0.29) is 16.5 Å². The minimum atomic E-state index is -0.688. The summed E-state index contributed by atoms with van der Waals surface area (Å²) in [6.07, 6.45) is 3.30. The number of carboxylic acids is 1. The number of rotatable bonds is 5. The highest BCUT2D eigenvalue weighted by Gasteiger charge is 2.25. The van der Waals surface area contributed by atoms with E-state index in [1.54, 1.807) is 19.1 Å². The van der Waals surface area contributed by atoms with Gasteiger partial charge >= 0.3 is 5.97 Å². The van der Waals surface area contributed by atoms with Crippen LogP contribution in [0.15, 0.2) is 18.2 Å². The SMILES string of the molecule is Cc1cc(NCC2CCC(C(=O)O)CC2)ccc1[N+](=O)[O-]. The smallest absolute Gasteiger partial charge is 0.306 e. The third kappa shape index (κ3) is 3.93. The summed E-state index contributed by atoms with van der Waals surface area (Å²) in [5, 5.41) is 23.0. The van der Waals surface area contributed by atoms with Gasteiger partial charge in [0.25, 0.3) is 5.69 Å². The zero-order valence-electron chi connectivity index (χ0n) is 12.0. The Morgan fingerprint density at radius 3 is 2.57 bits per heavy atom. The van der Waals surface area contributed by atoms with Crippen LogP contribution in [0.2, 0.25) is 0 Å². The molecule has 1 aromatic carbocycles. The van der Waals surface area contributed by atoms with Crippen molar-refractivity contribution in [1.29, 1.82) is 0 Å². The summed E-state index contributed by atoms with van der Waals surface area (Å²) >= 11 is 0. The largest absolute Gasteiger partial charge is 0.481 e. The van der Waals surface area contributed by atoms with Gasteiger partial charge in [-0.15, -0.1) is 0 Å². The van der Waals surface area contributed by atoms with Gasteiger partial charge in [0.2, 0.25) is 0 Å². The van der Waals surface area contributed by atoms with Gasteiger partial charge in [-0.3, -0.25) is 14.9 Å². The average molecular weight is 292 g/mol. The molecule has 0 atom stereocenters. The number of hydrogen-bond donors (Lipinski definition) is 2. The van der Waals surface area contributed by atoms with Crippen molar-refractivity contribution in [2.45, 2.75) is 32.6 Å². The number of hydrogen-bond acceptors (Lipinski definition) is 4. The number of nitrogens with zero attached hydrogens (tertiary/aromatic N) is 1. The predicted octanol–water partition coefficient (Wildman–Crippen LogP) is 3.21. The maximum atomic E-state index is 10.9. The Bertz CT molecular complexity index is 536. The molecule has 1 aliphatic rings. The number of aliphatic carboxylic acids is 1. The van der Waals surface area contributed by atoms with Gasteiger partial charge in [-0.1, -0.05) is 0 Å². The summed E-state index contributed by atoms with van der Waals surface area (Å²) < 4.78 is 0. The van der Waals surface area contributed by atoms with Gasteiger partial charge in [-0.05, 0) is 50.7 Å². The summed E-state index contributed by atoms with van der Waals surface area (Å²) in [4.78, 5) is 21.3. The van der Waals surface area contributed by atoms with Crippen LogP contribution in [0.5, 0.6) is 0 Å². The van der Waals surface area contributed by atoms with E-state index in [9.17, 15) is 14.9 Å². The second-order valence-corrected chi connectivity index (χ2v) is 5.70. The van der Waals surface area contributed by atoms with Gasteiger partial charge in [-0.25, -0.2) is 0 Å². The van der Waals surface area contributed by atoms with Gasteiger partial charge in [0.1, 0.15) is 0 Å². The Balaban J connectivity index is 1.85. The zero-order valence-corrected chi connectivity index (χ0v) is 12.0. The van der Waals surface area contributed by atoms with Crippen LogP contribution < -0.4 is 5.32 Å².